The van der Waals surface area contributed by atoms with E-state index in [0.717, 1.165) is 31.2 Å². The van der Waals surface area contributed by atoms with Gasteiger partial charge in [-0.1, -0.05) is 24.4 Å². The van der Waals surface area contributed by atoms with Gasteiger partial charge in [0.15, 0.2) is 11.5 Å². The molecule has 26 heavy (non-hydrogen) atoms. The Morgan fingerprint density at radius 3 is 2.58 bits per heavy atom. The number of benzene rings is 1. The van der Waals surface area contributed by atoms with E-state index in [1.807, 2.05) is 11.0 Å². The second kappa shape index (κ2) is 8.21. The molecule has 0 radical (unpaired) electrons. The molecular weight excluding hydrogens is 334 g/mol. The predicted octanol–water partition coefficient (Wildman–Crippen LogP) is 3.44. The van der Waals surface area contributed by atoms with Gasteiger partial charge in [0.25, 0.3) is 0 Å². The molecule has 2 aromatic rings. The molecule has 1 aromatic carbocycles. The van der Waals surface area contributed by atoms with Crippen molar-refractivity contribution in [1.29, 1.82) is 0 Å². The average molecular weight is 359 g/mol. The van der Waals surface area contributed by atoms with Crippen LogP contribution in [0.5, 0.6) is 11.5 Å². The summed E-state index contributed by atoms with van der Waals surface area (Å²) in [5, 5.41) is 4.05. The molecule has 3 rings (SSSR count). The summed E-state index contributed by atoms with van der Waals surface area (Å²) < 4.78 is 16.0. The van der Waals surface area contributed by atoms with Crippen LogP contribution in [0.4, 0.5) is 0 Å². The van der Waals surface area contributed by atoms with Crippen molar-refractivity contribution in [3.63, 3.8) is 0 Å². The Kier molecular flexibility index (Phi) is 5.75. The summed E-state index contributed by atoms with van der Waals surface area (Å²) in [6.07, 6.45) is 5.64. The fourth-order valence-corrected chi connectivity index (χ4v) is 3.45. The van der Waals surface area contributed by atoms with Crippen molar-refractivity contribution >= 4 is 5.91 Å². The minimum absolute atomic E-state index is 0.0442. The van der Waals surface area contributed by atoms with Crippen LogP contribution in [0.15, 0.2) is 22.7 Å². The quantitative estimate of drug-likeness (QED) is 0.786. The van der Waals surface area contributed by atoms with Crippen molar-refractivity contribution in [2.45, 2.75) is 51.6 Å². The van der Waals surface area contributed by atoms with Crippen molar-refractivity contribution in [2.24, 2.45) is 0 Å². The summed E-state index contributed by atoms with van der Waals surface area (Å²) in [4.78, 5) is 18.4. The molecule has 0 N–H and O–H groups in total. The third kappa shape index (κ3) is 3.98. The minimum Gasteiger partial charge on any atom is -0.493 e. The standard InChI is InChI=1S/C19H25N3O4/c1-13(23)22(15-7-5-4-6-8-15)12-18-20-19(21-26-18)14-9-10-16(24-2)17(11-14)25-3/h9-11,15H,4-8,12H2,1-3H3. The third-order valence-corrected chi connectivity index (χ3v) is 4.84. The zero-order valence-electron chi connectivity index (χ0n) is 15.5. The van der Waals surface area contributed by atoms with E-state index < -0.39 is 0 Å². The number of methoxy groups -OCH3 is 2. The summed E-state index contributed by atoms with van der Waals surface area (Å²) in [5.41, 5.74) is 0.768. The molecule has 0 bridgehead atoms. The van der Waals surface area contributed by atoms with Crippen LogP contribution in [0.2, 0.25) is 0 Å². The van der Waals surface area contributed by atoms with Crippen LogP contribution >= 0.6 is 0 Å². The lowest BCUT2D eigenvalue weighted by Crippen LogP contribution is -2.39. The van der Waals surface area contributed by atoms with Gasteiger partial charge >= 0.3 is 0 Å². The first kappa shape index (κ1) is 18.2. The number of rotatable bonds is 6. The Hall–Kier alpha value is -2.57. The normalized spacial score (nSPS) is 14.9. The highest BCUT2D eigenvalue weighted by molar-refractivity contribution is 5.73. The molecule has 0 unspecified atom stereocenters. The molecule has 1 aromatic heterocycles. The van der Waals surface area contributed by atoms with Crippen LogP contribution in [-0.2, 0) is 11.3 Å². The van der Waals surface area contributed by atoms with Gasteiger partial charge in [0.05, 0.1) is 14.2 Å². The van der Waals surface area contributed by atoms with Crippen molar-refractivity contribution in [2.75, 3.05) is 14.2 Å². The van der Waals surface area contributed by atoms with Crippen molar-refractivity contribution < 1.29 is 18.8 Å². The fraction of sp³-hybridized carbons (Fsp3) is 0.526. The lowest BCUT2D eigenvalue weighted by atomic mass is 9.94. The molecule has 1 amide bonds. The van der Waals surface area contributed by atoms with Gasteiger partial charge in [0.2, 0.25) is 17.6 Å². The lowest BCUT2D eigenvalue weighted by molar-refractivity contribution is -0.133. The SMILES string of the molecule is COc1ccc(-c2noc(CN(C(C)=O)C3CCCCC3)n2)cc1OC. The number of ether oxygens (including phenoxy) is 2. The monoisotopic (exact) mass is 359 g/mol. The molecule has 0 atom stereocenters. The molecule has 0 spiro atoms. The first-order chi connectivity index (χ1) is 12.6. The van der Waals surface area contributed by atoms with Gasteiger partial charge in [-0.3, -0.25) is 4.79 Å². The maximum atomic E-state index is 12.1. The average Bonchev–Trinajstić information content (AvgIpc) is 3.14. The van der Waals surface area contributed by atoms with Crippen LogP contribution in [0.25, 0.3) is 11.4 Å². The molecular formula is C19H25N3O4. The zero-order valence-corrected chi connectivity index (χ0v) is 15.5. The maximum absolute atomic E-state index is 12.1. The zero-order chi connectivity index (χ0) is 18.5. The summed E-state index contributed by atoms with van der Waals surface area (Å²) in [6, 6.07) is 5.71. The fourth-order valence-electron chi connectivity index (χ4n) is 3.45. The van der Waals surface area contributed by atoms with E-state index in [0.29, 0.717) is 29.8 Å². The highest BCUT2D eigenvalue weighted by Gasteiger charge is 2.25. The highest BCUT2D eigenvalue weighted by Crippen LogP contribution is 2.31. The van der Waals surface area contributed by atoms with Crippen molar-refractivity contribution in [1.82, 2.24) is 15.0 Å². The molecule has 1 aliphatic carbocycles. The Labute approximate surface area is 153 Å². The van der Waals surface area contributed by atoms with Crippen LogP contribution in [0.1, 0.15) is 44.9 Å². The van der Waals surface area contributed by atoms with Gasteiger partial charge in [0.1, 0.15) is 6.54 Å². The number of amides is 1. The van der Waals surface area contributed by atoms with Crippen LogP contribution in [0, 0.1) is 0 Å². The highest BCUT2D eigenvalue weighted by atomic mass is 16.5. The largest absolute Gasteiger partial charge is 0.493 e. The van der Waals surface area contributed by atoms with Crippen LogP contribution < -0.4 is 9.47 Å². The molecule has 1 saturated carbocycles. The van der Waals surface area contributed by atoms with Gasteiger partial charge in [-0.05, 0) is 31.0 Å². The molecule has 0 saturated heterocycles. The molecule has 0 aliphatic heterocycles. The second-order valence-corrected chi connectivity index (χ2v) is 6.52. The van der Waals surface area contributed by atoms with E-state index in [9.17, 15) is 4.79 Å². The number of carbonyl (C=O) groups excluding carboxylic acids is 1. The second-order valence-electron chi connectivity index (χ2n) is 6.52. The van der Waals surface area contributed by atoms with E-state index in [2.05, 4.69) is 10.1 Å². The molecule has 7 nitrogen and oxygen atoms in total. The number of hydrogen-bond donors (Lipinski definition) is 0. The maximum Gasteiger partial charge on any atom is 0.246 e. The molecule has 1 fully saturated rings. The first-order valence-corrected chi connectivity index (χ1v) is 8.94. The van der Waals surface area contributed by atoms with E-state index in [1.165, 1.54) is 6.42 Å². The summed E-state index contributed by atoms with van der Waals surface area (Å²) in [6.45, 7) is 1.94. The molecule has 7 heteroatoms. The predicted molar refractivity (Wildman–Crippen MR) is 95.9 cm³/mol. The molecule has 140 valence electrons. The Balaban J connectivity index is 1.77. The smallest absolute Gasteiger partial charge is 0.246 e. The summed E-state index contributed by atoms with van der Waals surface area (Å²) >= 11 is 0. The number of hydrogen-bond acceptors (Lipinski definition) is 6. The number of nitrogens with zero attached hydrogens (tertiary/aromatic N) is 3. The minimum atomic E-state index is 0.0442. The Morgan fingerprint density at radius 1 is 1.19 bits per heavy atom. The van der Waals surface area contributed by atoms with E-state index >= 15 is 0 Å². The Morgan fingerprint density at radius 2 is 1.92 bits per heavy atom. The van der Waals surface area contributed by atoms with Gasteiger partial charge < -0.3 is 18.9 Å². The van der Waals surface area contributed by atoms with E-state index in [1.54, 1.807) is 33.3 Å². The van der Waals surface area contributed by atoms with Gasteiger partial charge in [-0.2, -0.15) is 4.98 Å². The van der Waals surface area contributed by atoms with Gasteiger partial charge in [-0.15, -0.1) is 0 Å². The summed E-state index contributed by atoms with van der Waals surface area (Å²) in [7, 11) is 3.17. The molecule has 1 aliphatic rings. The van der Waals surface area contributed by atoms with Crippen LogP contribution in [-0.4, -0.2) is 41.2 Å². The van der Waals surface area contributed by atoms with Crippen molar-refractivity contribution in [3.8, 4) is 22.9 Å². The lowest BCUT2D eigenvalue weighted by Gasteiger charge is -2.32. The topological polar surface area (TPSA) is 77.7 Å². The third-order valence-electron chi connectivity index (χ3n) is 4.84. The van der Waals surface area contributed by atoms with Crippen LogP contribution in [0.3, 0.4) is 0 Å². The Bertz CT molecular complexity index is 753. The van der Waals surface area contributed by atoms with E-state index in [4.69, 9.17) is 14.0 Å². The van der Waals surface area contributed by atoms with E-state index in [-0.39, 0.29) is 11.9 Å². The first-order valence-electron chi connectivity index (χ1n) is 8.94. The number of aromatic nitrogens is 2. The van der Waals surface area contributed by atoms with Gasteiger partial charge in [0, 0.05) is 18.5 Å². The van der Waals surface area contributed by atoms with Gasteiger partial charge in [-0.25, -0.2) is 0 Å². The van der Waals surface area contributed by atoms with Crippen molar-refractivity contribution in [3.05, 3.63) is 24.1 Å². The number of carbonyl (C=O) groups is 1. The summed E-state index contributed by atoms with van der Waals surface area (Å²) in [5.74, 6) is 2.19. The molecule has 1 heterocycles.